The van der Waals surface area contributed by atoms with Gasteiger partial charge in [0.2, 0.25) is 5.91 Å². The zero-order chi connectivity index (χ0) is 25.7. The molecule has 1 fully saturated rings. The Kier molecular flexibility index (Phi) is 7.47. The molecule has 3 aromatic rings. The number of para-hydroxylation sites is 1. The predicted molar refractivity (Wildman–Crippen MR) is 132 cm³/mol. The van der Waals surface area contributed by atoms with E-state index in [1.54, 1.807) is 23.2 Å². The number of rotatable bonds is 8. The van der Waals surface area contributed by atoms with E-state index in [2.05, 4.69) is 10.3 Å². The van der Waals surface area contributed by atoms with Gasteiger partial charge in [-0.15, -0.1) is 0 Å². The number of aromatic amines is 1. The molecule has 0 unspecified atom stereocenters. The molecule has 0 radical (unpaired) electrons. The number of nitrogens with one attached hydrogen (secondary N) is 2. The Hall–Kier alpha value is -4.41. The zero-order valence-electron chi connectivity index (χ0n) is 19.8. The van der Waals surface area contributed by atoms with Crippen molar-refractivity contribution in [3.63, 3.8) is 0 Å². The van der Waals surface area contributed by atoms with Crippen LogP contribution < -0.4 is 10.2 Å². The molecule has 0 bridgehead atoms. The van der Waals surface area contributed by atoms with Gasteiger partial charge < -0.3 is 24.8 Å². The van der Waals surface area contributed by atoms with Crippen molar-refractivity contribution in [3.05, 3.63) is 70.4 Å². The van der Waals surface area contributed by atoms with E-state index in [-0.39, 0.29) is 23.9 Å². The number of aromatic nitrogens is 1. The number of carbonyl (C=O) groups is 3. The molecule has 36 heavy (non-hydrogen) atoms. The average Bonchev–Trinajstić information content (AvgIpc) is 3.29. The molecule has 11 heteroatoms. The molecule has 1 aliphatic rings. The fourth-order valence-electron chi connectivity index (χ4n) is 4.28. The summed E-state index contributed by atoms with van der Waals surface area (Å²) in [6.45, 7) is 2.86. The Balaban J connectivity index is 1.30. The lowest BCUT2D eigenvalue weighted by Crippen LogP contribution is -2.50. The number of amides is 2. The van der Waals surface area contributed by atoms with Crippen LogP contribution >= 0.6 is 0 Å². The van der Waals surface area contributed by atoms with E-state index in [1.165, 1.54) is 19.1 Å². The lowest BCUT2D eigenvalue weighted by Gasteiger charge is -2.36. The highest BCUT2D eigenvalue weighted by molar-refractivity contribution is 5.88. The highest BCUT2D eigenvalue weighted by atomic mass is 16.6. The van der Waals surface area contributed by atoms with Crippen molar-refractivity contribution >= 4 is 40.1 Å². The van der Waals surface area contributed by atoms with E-state index in [4.69, 9.17) is 4.74 Å². The molecule has 0 aliphatic carbocycles. The van der Waals surface area contributed by atoms with Crippen molar-refractivity contribution in [1.29, 1.82) is 0 Å². The molecule has 2 N–H and O–H groups in total. The maximum atomic E-state index is 12.8. The Morgan fingerprint density at radius 3 is 2.44 bits per heavy atom. The van der Waals surface area contributed by atoms with Crippen LogP contribution in [0.4, 0.5) is 11.4 Å². The summed E-state index contributed by atoms with van der Waals surface area (Å²) in [5.41, 5.74) is 2.65. The largest absolute Gasteiger partial charge is 0.454 e. The van der Waals surface area contributed by atoms with Gasteiger partial charge in [-0.25, -0.2) is 4.79 Å². The topological polar surface area (TPSA) is 138 Å². The first-order chi connectivity index (χ1) is 17.3. The predicted octanol–water partition coefficient (Wildman–Crippen LogP) is 2.02. The highest BCUT2D eigenvalue weighted by Crippen LogP contribution is 2.21. The number of carbonyl (C=O) groups excluding carboxylic acids is 3. The van der Waals surface area contributed by atoms with Gasteiger partial charge >= 0.3 is 5.97 Å². The summed E-state index contributed by atoms with van der Waals surface area (Å²) in [6.07, 6.45) is 2.02. The highest BCUT2D eigenvalue weighted by Gasteiger charge is 2.26. The number of nitro groups is 1. The second kappa shape index (κ2) is 10.9. The van der Waals surface area contributed by atoms with Crippen LogP contribution in [0.15, 0.2) is 54.7 Å². The van der Waals surface area contributed by atoms with E-state index in [1.807, 2.05) is 29.2 Å². The van der Waals surface area contributed by atoms with Crippen LogP contribution in [0.5, 0.6) is 0 Å². The van der Waals surface area contributed by atoms with E-state index in [0.717, 1.165) is 22.2 Å². The van der Waals surface area contributed by atoms with Crippen molar-refractivity contribution in [2.75, 3.05) is 37.7 Å². The summed E-state index contributed by atoms with van der Waals surface area (Å²) in [5, 5.41) is 14.4. The van der Waals surface area contributed by atoms with Gasteiger partial charge in [0.25, 0.3) is 11.6 Å². The lowest BCUT2D eigenvalue weighted by atomic mass is 10.0. The van der Waals surface area contributed by atoms with Crippen molar-refractivity contribution in [3.8, 4) is 0 Å². The molecule has 1 aromatic heterocycles. The van der Waals surface area contributed by atoms with Crippen LogP contribution in [0.2, 0.25) is 0 Å². The number of benzene rings is 2. The van der Waals surface area contributed by atoms with Gasteiger partial charge in [0, 0.05) is 74.4 Å². The van der Waals surface area contributed by atoms with E-state index < -0.39 is 23.5 Å². The molecule has 2 aromatic carbocycles. The van der Waals surface area contributed by atoms with Gasteiger partial charge in [0.05, 0.1) is 4.92 Å². The number of piperazine rings is 1. The molecule has 11 nitrogen and oxygen atoms in total. The van der Waals surface area contributed by atoms with Gasteiger partial charge in [-0.3, -0.25) is 19.7 Å². The van der Waals surface area contributed by atoms with E-state index in [9.17, 15) is 24.5 Å². The normalized spacial score (nSPS) is 14.4. The Morgan fingerprint density at radius 1 is 1.08 bits per heavy atom. The van der Waals surface area contributed by atoms with Crippen molar-refractivity contribution in [2.45, 2.75) is 19.4 Å². The second-order valence-corrected chi connectivity index (χ2v) is 8.57. The molecular formula is C25H27N5O6. The van der Waals surface area contributed by atoms with Crippen molar-refractivity contribution < 1.29 is 24.0 Å². The summed E-state index contributed by atoms with van der Waals surface area (Å²) in [7, 11) is 0. The third-order valence-corrected chi connectivity index (χ3v) is 6.16. The number of nitro benzene ring substituents is 1. The minimum absolute atomic E-state index is 0.0247. The third-order valence-electron chi connectivity index (χ3n) is 6.16. The average molecular weight is 494 g/mol. The van der Waals surface area contributed by atoms with E-state index >= 15 is 0 Å². The monoisotopic (exact) mass is 493 g/mol. The van der Waals surface area contributed by atoms with Crippen LogP contribution in [0.25, 0.3) is 10.9 Å². The first kappa shape index (κ1) is 24.7. The Morgan fingerprint density at radius 2 is 1.78 bits per heavy atom. The smallest absolute Gasteiger partial charge is 0.329 e. The number of anilines is 1. The Bertz CT molecular complexity index is 1260. The number of ether oxygens (including phenoxy) is 1. The van der Waals surface area contributed by atoms with E-state index in [0.29, 0.717) is 26.2 Å². The number of H-pyrrole nitrogens is 1. The fraction of sp³-hybridized carbons (Fsp3) is 0.320. The van der Waals surface area contributed by atoms with Gasteiger partial charge in [-0.1, -0.05) is 18.2 Å². The number of fused-ring (bicyclic) bond motifs is 1. The Labute approximate surface area is 207 Å². The fourth-order valence-corrected chi connectivity index (χ4v) is 4.28. The summed E-state index contributed by atoms with van der Waals surface area (Å²) >= 11 is 0. The quantitative estimate of drug-likeness (QED) is 0.278. The molecule has 1 aliphatic heterocycles. The zero-order valence-corrected chi connectivity index (χ0v) is 19.8. The molecule has 4 rings (SSSR count). The number of nitrogens with zero attached hydrogens (tertiary/aromatic N) is 3. The summed E-state index contributed by atoms with van der Waals surface area (Å²) in [5.74, 6) is -1.36. The first-order valence-electron chi connectivity index (χ1n) is 11.6. The molecule has 1 atom stereocenters. The van der Waals surface area contributed by atoms with Gasteiger partial charge in [0.1, 0.15) is 6.04 Å². The van der Waals surface area contributed by atoms with Crippen LogP contribution in [0, 0.1) is 10.1 Å². The molecule has 1 saturated heterocycles. The number of hydrogen-bond acceptors (Lipinski definition) is 7. The minimum Gasteiger partial charge on any atom is -0.454 e. The lowest BCUT2D eigenvalue weighted by molar-refractivity contribution is -0.384. The molecule has 0 saturated carbocycles. The summed E-state index contributed by atoms with van der Waals surface area (Å²) in [4.78, 5) is 54.3. The molecule has 188 valence electrons. The number of hydrogen-bond donors (Lipinski definition) is 2. The molecule has 2 heterocycles. The van der Waals surface area contributed by atoms with Crippen molar-refractivity contribution in [2.24, 2.45) is 0 Å². The van der Waals surface area contributed by atoms with Crippen LogP contribution in [0.1, 0.15) is 12.5 Å². The van der Waals surface area contributed by atoms with Crippen LogP contribution in [-0.4, -0.2) is 71.4 Å². The van der Waals surface area contributed by atoms with Gasteiger partial charge in [-0.2, -0.15) is 0 Å². The van der Waals surface area contributed by atoms with Crippen LogP contribution in [0.3, 0.4) is 0 Å². The SMILES string of the molecule is CC(=O)N[C@@H](Cc1c[nH]c2ccccc12)C(=O)OCC(=O)N1CCN(c2ccc([N+](=O)[O-])cc2)CC1. The maximum absolute atomic E-state index is 12.8. The summed E-state index contributed by atoms with van der Waals surface area (Å²) in [6, 6.07) is 13.0. The van der Waals surface area contributed by atoms with Crippen LogP contribution in [-0.2, 0) is 25.5 Å². The minimum atomic E-state index is -0.923. The number of esters is 1. The summed E-state index contributed by atoms with van der Waals surface area (Å²) < 4.78 is 5.30. The molecule has 0 spiro atoms. The number of non-ortho nitro benzene ring substituents is 1. The van der Waals surface area contributed by atoms with Crippen molar-refractivity contribution in [1.82, 2.24) is 15.2 Å². The van der Waals surface area contributed by atoms with Gasteiger partial charge in [0.15, 0.2) is 6.61 Å². The second-order valence-electron chi connectivity index (χ2n) is 8.57. The maximum Gasteiger partial charge on any atom is 0.329 e. The van der Waals surface area contributed by atoms with Gasteiger partial charge in [-0.05, 0) is 23.8 Å². The first-order valence-corrected chi connectivity index (χ1v) is 11.6. The molecular weight excluding hydrogens is 466 g/mol. The third kappa shape index (κ3) is 5.80. The molecule has 2 amide bonds. The standard InChI is InChI=1S/C25H27N5O6/c1-17(31)27-23(14-18-15-26-22-5-3-2-4-21(18)22)25(33)36-16-24(32)29-12-10-28(11-13-29)19-6-8-20(9-7-19)30(34)35/h2-9,15,23,26H,10-14,16H2,1H3,(H,27,31)/t23-/m0/s1.